The summed E-state index contributed by atoms with van der Waals surface area (Å²) >= 11 is 6.11. The number of halogens is 1. The highest BCUT2D eigenvalue weighted by molar-refractivity contribution is 7.87. The lowest BCUT2D eigenvalue weighted by molar-refractivity contribution is 0.0394. The number of hydrogen-bond donors (Lipinski definition) is 1. The van der Waals surface area contributed by atoms with Crippen molar-refractivity contribution < 1.29 is 13.2 Å². The van der Waals surface area contributed by atoms with Crippen molar-refractivity contribution in [3.05, 3.63) is 70.7 Å². The van der Waals surface area contributed by atoms with Gasteiger partial charge in [0.2, 0.25) is 5.96 Å². The minimum Gasteiger partial charge on any atom is -0.379 e. The highest BCUT2D eigenvalue weighted by Crippen LogP contribution is 2.29. The first kappa shape index (κ1) is 25.6. The van der Waals surface area contributed by atoms with Gasteiger partial charge in [0.25, 0.3) is 0 Å². The number of ether oxygens (including phenoxy) is 1. The molecule has 0 bridgehead atoms. The van der Waals surface area contributed by atoms with Gasteiger partial charge >= 0.3 is 10.2 Å². The molecule has 2 heterocycles. The molecule has 1 fully saturated rings. The Morgan fingerprint density at radius 1 is 1.14 bits per heavy atom. The Labute approximate surface area is 212 Å². The fraction of sp³-hybridized carbons (Fsp3) is 0.417. The quantitative estimate of drug-likeness (QED) is 0.448. The number of hydrogen-bond acceptors (Lipinski definition) is 6. The van der Waals surface area contributed by atoms with Gasteiger partial charge in [-0.15, -0.1) is 0 Å². The molecule has 0 spiro atoms. The summed E-state index contributed by atoms with van der Waals surface area (Å²) in [5.74, 6) is 0.141. The highest BCUT2D eigenvalue weighted by Gasteiger charge is 2.33. The summed E-state index contributed by atoms with van der Waals surface area (Å²) in [5, 5.41) is 7.15. The van der Waals surface area contributed by atoms with Crippen molar-refractivity contribution in [2.75, 3.05) is 60.0 Å². The Morgan fingerprint density at radius 3 is 2.49 bits per heavy atom. The van der Waals surface area contributed by atoms with Crippen molar-refractivity contribution in [3.8, 4) is 0 Å². The molecule has 9 nitrogen and oxygen atoms in total. The average Bonchev–Trinajstić information content (AvgIpc) is 3.30. The van der Waals surface area contributed by atoms with Crippen molar-refractivity contribution in [2.24, 2.45) is 10.1 Å². The van der Waals surface area contributed by atoms with Crippen LogP contribution in [-0.2, 0) is 14.9 Å². The molecule has 0 amide bonds. The van der Waals surface area contributed by atoms with E-state index in [1.54, 1.807) is 5.01 Å². The maximum Gasteiger partial charge on any atom is 0.303 e. The number of guanidine groups is 1. The smallest absolute Gasteiger partial charge is 0.303 e. The first-order valence-corrected chi connectivity index (χ1v) is 13.4. The Kier molecular flexibility index (Phi) is 8.40. The molecule has 2 aromatic carbocycles. The summed E-state index contributed by atoms with van der Waals surface area (Å²) in [6.45, 7) is 4.67. The van der Waals surface area contributed by atoms with E-state index in [0.29, 0.717) is 37.9 Å². The zero-order valence-corrected chi connectivity index (χ0v) is 21.5. The van der Waals surface area contributed by atoms with Gasteiger partial charge < -0.3 is 4.74 Å². The van der Waals surface area contributed by atoms with Crippen molar-refractivity contribution in [1.82, 2.24) is 18.9 Å². The maximum atomic E-state index is 12.7. The van der Waals surface area contributed by atoms with Crippen LogP contribution in [-0.4, -0.2) is 94.3 Å². The van der Waals surface area contributed by atoms with E-state index >= 15 is 0 Å². The van der Waals surface area contributed by atoms with Crippen molar-refractivity contribution >= 4 is 33.5 Å². The van der Waals surface area contributed by atoms with Gasteiger partial charge in [0.1, 0.15) is 0 Å². The molecule has 0 aliphatic carbocycles. The molecule has 1 unspecified atom stereocenters. The zero-order chi connectivity index (χ0) is 24.8. The molecule has 1 N–H and O–H groups in total. The third kappa shape index (κ3) is 6.59. The number of morpholine rings is 1. The van der Waals surface area contributed by atoms with E-state index in [1.165, 1.54) is 14.1 Å². The van der Waals surface area contributed by atoms with Gasteiger partial charge in [0.05, 0.1) is 32.0 Å². The molecular formula is C24H31ClN6O3S. The lowest BCUT2D eigenvalue weighted by atomic mass is 9.91. The van der Waals surface area contributed by atoms with Gasteiger partial charge in [-0.1, -0.05) is 54.1 Å². The maximum absolute atomic E-state index is 12.7. The molecule has 1 atom stereocenters. The second-order valence-electron chi connectivity index (χ2n) is 8.59. The summed E-state index contributed by atoms with van der Waals surface area (Å²) < 4.78 is 34.6. The van der Waals surface area contributed by atoms with Crippen LogP contribution in [0.3, 0.4) is 0 Å². The summed E-state index contributed by atoms with van der Waals surface area (Å²) in [6, 6.07) is 17.6. The van der Waals surface area contributed by atoms with Crippen LogP contribution in [0.1, 0.15) is 17.0 Å². The first-order chi connectivity index (χ1) is 16.8. The minimum absolute atomic E-state index is 0.0642. The number of hydrazone groups is 1. The van der Waals surface area contributed by atoms with E-state index < -0.39 is 10.2 Å². The normalized spacial score (nSPS) is 19.8. The van der Waals surface area contributed by atoms with Crippen molar-refractivity contribution in [3.63, 3.8) is 0 Å². The van der Waals surface area contributed by atoms with Crippen LogP contribution in [0.25, 0.3) is 0 Å². The van der Waals surface area contributed by atoms with Crippen LogP contribution >= 0.6 is 11.6 Å². The monoisotopic (exact) mass is 518 g/mol. The number of nitrogens with zero attached hydrogens (tertiary/aromatic N) is 5. The number of nitrogens with one attached hydrogen (secondary N) is 1. The van der Waals surface area contributed by atoms with Crippen LogP contribution in [0.5, 0.6) is 0 Å². The Morgan fingerprint density at radius 2 is 1.83 bits per heavy atom. The second-order valence-corrected chi connectivity index (χ2v) is 10.9. The summed E-state index contributed by atoms with van der Waals surface area (Å²) in [4.78, 5) is 6.91. The topological polar surface area (TPSA) is 89.8 Å². The molecule has 11 heteroatoms. The molecule has 2 aliphatic rings. The van der Waals surface area contributed by atoms with E-state index in [4.69, 9.17) is 21.4 Å². The third-order valence-corrected chi connectivity index (χ3v) is 7.64. The average molecular weight is 519 g/mol. The predicted molar refractivity (Wildman–Crippen MR) is 139 cm³/mol. The van der Waals surface area contributed by atoms with E-state index in [2.05, 4.69) is 26.7 Å². The van der Waals surface area contributed by atoms with Crippen molar-refractivity contribution in [2.45, 2.75) is 5.92 Å². The Balaban J connectivity index is 1.64. The van der Waals surface area contributed by atoms with Crippen molar-refractivity contribution in [1.29, 1.82) is 0 Å². The molecule has 188 valence electrons. The lowest BCUT2D eigenvalue weighted by Gasteiger charge is -2.26. The van der Waals surface area contributed by atoms with Gasteiger partial charge in [0.15, 0.2) is 0 Å². The second kappa shape index (κ2) is 11.5. The van der Waals surface area contributed by atoms with Gasteiger partial charge in [-0.25, -0.2) is 14.7 Å². The fourth-order valence-electron chi connectivity index (χ4n) is 3.96. The van der Waals surface area contributed by atoms with Crippen LogP contribution in [0, 0.1) is 0 Å². The van der Waals surface area contributed by atoms with Crippen LogP contribution in [0.15, 0.2) is 64.7 Å². The van der Waals surface area contributed by atoms with Crippen LogP contribution < -0.4 is 4.72 Å². The van der Waals surface area contributed by atoms with Gasteiger partial charge in [-0.3, -0.25) is 4.90 Å². The third-order valence-electron chi connectivity index (χ3n) is 5.98. The number of aliphatic imine (C=N–C) groups is 1. The number of benzene rings is 2. The standard InChI is InChI=1S/C24H31ClN6O3S/c1-29(2)35(32,33)28-24(26-12-13-30-14-16-34-17-15-30)31-18-22(19-6-4-3-5-7-19)23(27-31)20-8-10-21(25)11-9-20/h3-11,22H,12-18H2,1-2H3,(H,26,28). The van der Waals surface area contributed by atoms with Gasteiger partial charge in [-0.05, 0) is 23.3 Å². The van der Waals surface area contributed by atoms with E-state index in [-0.39, 0.29) is 11.9 Å². The van der Waals surface area contributed by atoms with Crippen LogP contribution in [0.2, 0.25) is 5.02 Å². The van der Waals surface area contributed by atoms with Gasteiger partial charge in [-0.2, -0.15) is 17.8 Å². The molecular weight excluding hydrogens is 488 g/mol. The highest BCUT2D eigenvalue weighted by atomic mass is 35.5. The largest absolute Gasteiger partial charge is 0.379 e. The fourth-order valence-corrected chi connectivity index (χ4v) is 4.67. The molecule has 0 radical (unpaired) electrons. The van der Waals surface area contributed by atoms with E-state index in [9.17, 15) is 8.42 Å². The van der Waals surface area contributed by atoms with Crippen LogP contribution in [0.4, 0.5) is 0 Å². The molecule has 0 saturated carbocycles. The Bertz CT molecular complexity index is 1150. The minimum atomic E-state index is -3.77. The first-order valence-electron chi connectivity index (χ1n) is 11.6. The lowest BCUT2D eigenvalue weighted by Crippen LogP contribution is -2.46. The summed E-state index contributed by atoms with van der Waals surface area (Å²) in [5.41, 5.74) is 2.85. The van der Waals surface area contributed by atoms with Gasteiger partial charge in [0, 0.05) is 44.7 Å². The summed E-state index contributed by atoms with van der Waals surface area (Å²) in [6.07, 6.45) is 0. The molecule has 35 heavy (non-hydrogen) atoms. The predicted octanol–water partition coefficient (Wildman–Crippen LogP) is 2.23. The molecule has 2 aliphatic heterocycles. The molecule has 0 aromatic heterocycles. The van der Waals surface area contributed by atoms with E-state index in [1.807, 2.05) is 42.5 Å². The van der Waals surface area contributed by atoms with E-state index in [0.717, 1.165) is 34.2 Å². The molecule has 2 aromatic rings. The summed E-state index contributed by atoms with van der Waals surface area (Å²) in [7, 11) is -0.811. The zero-order valence-electron chi connectivity index (χ0n) is 20.0. The SMILES string of the molecule is CN(C)S(=O)(=O)NC(=NCCN1CCOCC1)N1CC(c2ccccc2)C(c2ccc(Cl)cc2)=N1. The molecule has 4 rings (SSSR count). The Hall–Kier alpha value is -2.50. The number of rotatable bonds is 7. The molecule has 1 saturated heterocycles.